The maximum absolute atomic E-state index is 10.4. The molecule has 6 heteroatoms. The number of carbonyl (C=O) groups excluding carboxylic acids is 1. The number of hydrogen-bond acceptors (Lipinski definition) is 5. The highest BCUT2D eigenvalue weighted by molar-refractivity contribution is 5.73. The Kier molecular flexibility index (Phi) is 16.3. The predicted octanol–water partition coefficient (Wildman–Crippen LogP) is 9.16. The Labute approximate surface area is 285 Å². The molecule has 10 N–H and O–H groups in total. The predicted molar refractivity (Wildman–Crippen MR) is 197 cm³/mol. The Morgan fingerprint density at radius 3 is 1.54 bits per heavy atom. The minimum absolute atomic E-state index is 0.159. The van der Waals surface area contributed by atoms with Crippen molar-refractivity contribution in [3.63, 3.8) is 0 Å². The molecule has 4 aliphatic carbocycles. The lowest BCUT2D eigenvalue weighted by Crippen LogP contribution is -2.86. The molecule has 0 aromatic rings. The van der Waals surface area contributed by atoms with E-state index in [1.54, 1.807) is 0 Å². The quantitative estimate of drug-likeness (QED) is 0.0890. The maximum Gasteiger partial charge on any atom is 0.217 e. The minimum Gasteiger partial charge on any atom is -0.370 e. The van der Waals surface area contributed by atoms with Gasteiger partial charge >= 0.3 is 0 Å². The topological polar surface area (TPSA) is 147 Å². The molecule has 0 aromatic carbocycles. The second kappa shape index (κ2) is 18.9. The summed E-state index contributed by atoms with van der Waals surface area (Å²) < 4.78 is 0. The molecule has 4 rings (SSSR count). The van der Waals surface area contributed by atoms with Crippen LogP contribution in [0.2, 0.25) is 0 Å². The zero-order valence-electron chi connectivity index (χ0n) is 30.9. The molecule has 0 saturated heterocycles. The summed E-state index contributed by atoms with van der Waals surface area (Å²) in [7, 11) is 0. The highest BCUT2D eigenvalue weighted by Crippen LogP contribution is 2.64. The first-order chi connectivity index (χ1) is 21.9. The van der Waals surface area contributed by atoms with E-state index in [1.807, 2.05) is 0 Å². The number of hydrogen-bond donors (Lipinski definition) is 5. The Bertz CT molecular complexity index is 836. The first-order valence-corrected chi connectivity index (χ1v) is 20.4. The van der Waals surface area contributed by atoms with E-state index in [-0.39, 0.29) is 11.3 Å². The van der Waals surface area contributed by atoms with Crippen LogP contribution in [0.15, 0.2) is 0 Å². The Balaban J connectivity index is 0.000000349. The lowest BCUT2D eigenvalue weighted by Gasteiger charge is -2.69. The van der Waals surface area contributed by atoms with Crippen LogP contribution in [0, 0.1) is 34.5 Å². The van der Waals surface area contributed by atoms with Gasteiger partial charge < -0.3 is 28.7 Å². The van der Waals surface area contributed by atoms with Crippen LogP contribution in [-0.4, -0.2) is 17.2 Å². The monoisotopic (exact) mass is 646 g/mol. The Morgan fingerprint density at radius 1 is 0.652 bits per heavy atom. The lowest BCUT2D eigenvalue weighted by molar-refractivity contribution is -0.177. The van der Waals surface area contributed by atoms with E-state index in [0.29, 0.717) is 30.1 Å². The van der Waals surface area contributed by atoms with Gasteiger partial charge in [-0.3, -0.25) is 4.79 Å². The summed E-state index contributed by atoms with van der Waals surface area (Å²) in [6.45, 7) is 6.84. The van der Waals surface area contributed by atoms with Gasteiger partial charge in [0.05, 0.1) is 11.3 Å². The van der Waals surface area contributed by atoms with Gasteiger partial charge in [-0.05, 0) is 61.2 Å². The molecule has 0 aromatic heterocycles. The van der Waals surface area contributed by atoms with E-state index in [2.05, 4.69) is 20.8 Å². The number of primary amides is 1. The second-order valence-corrected chi connectivity index (χ2v) is 17.2. The Hall–Kier alpha value is -0.690. The van der Waals surface area contributed by atoms with Gasteiger partial charge in [0.1, 0.15) is 0 Å². The zero-order valence-corrected chi connectivity index (χ0v) is 30.9. The molecule has 0 aliphatic heterocycles. The third-order valence-corrected chi connectivity index (χ3v) is 13.7. The van der Waals surface area contributed by atoms with Crippen molar-refractivity contribution in [2.45, 2.75) is 212 Å². The molecule has 0 spiro atoms. The molecule has 1 amide bonds. The van der Waals surface area contributed by atoms with Crippen LogP contribution in [0.3, 0.4) is 0 Å². The largest absolute Gasteiger partial charge is 0.370 e. The normalized spacial score (nSPS) is 26.4. The Morgan fingerprint density at radius 2 is 1.09 bits per heavy atom. The lowest BCUT2D eigenvalue weighted by atomic mass is 9.41. The van der Waals surface area contributed by atoms with Crippen molar-refractivity contribution in [1.29, 1.82) is 0 Å². The molecule has 270 valence electrons. The van der Waals surface area contributed by atoms with Gasteiger partial charge in [0.2, 0.25) is 5.91 Å². The number of unbranched alkanes of at least 4 members (excludes halogenated alkanes) is 8. The molecular weight excluding hydrogens is 566 g/mol. The molecule has 1 unspecified atom stereocenters. The highest BCUT2D eigenvalue weighted by atomic mass is 16.1. The fourth-order valence-electron chi connectivity index (χ4n) is 10.9. The van der Waals surface area contributed by atoms with Crippen molar-refractivity contribution in [2.24, 2.45) is 63.2 Å². The molecule has 0 heterocycles. The number of rotatable bonds is 15. The van der Waals surface area contributed by atoms with Gasteiger partial charge in [0.25, 0.3) is 0 Å². The second-order valence-electron chi connectivity index (χ2n) is 17.2. The highest BCUT2D eigenvalue weighted by Gasteiger charge is 2.70. The van der Waals surface area contributed by atoms with Gasteiger partial charge in [-0.2, -0.15) is 0 Å². The van der Waals surface area contributed by atoms with E-state index >= 15 is 0 Å². The van der Waals surface area contributed by atoms with Crippen molar-refractivity contribution >= 4 is 5.91 Å². The van der Waals surface area contributed by atoms with Crippen LogP contribution in [0.25, 0.3) is 0 Å². The van der Waals surface area contributed by atoms with Crippen LogP contribution in [0.4, 0.5) is 0 Å². The van der Waals surface area contributed by atoms with E-state index in [4.69, 9.17) is 28.7 Å². The van der Waals surface area contributed by atoms with E-state index in [1.165, 1.54) is 128 Å². The molecule has 6 nitrogen and oxygen atoms in total. The van der Waals surface area contributed by atoms with Crippen LogP contribution in [-0.2, 0) is 4.79 Å². The van der Waals surface area contributed by atoms with Crippen molar-refractivity contribution in [2.75, 3.05) is 0 Å². The number of amides is 1. The SMILES string of the molecule is CC1(C)CCCC(C(C2CCCCC2)C2CCCCC2)(C(N)(N)C2CCCCC2)C1(N)N.CCCCCCCCCCCC(N)=O. The maximum atomic E-state index is 10.4. The smallest absolute Gasteiger partial charge is 0.217 e. The van der Waals surface area contributed by atoms with E-state index in [0.717, 1.165) is 44.9 Å². The molecular formula is C40H79N5O. The molecule has 0 bridgehead atoms. The first-order valence-electron chi connectivity index (χ1n) is 20.4. The van der Waals surface area contributed by atoms with Crippen molar-refractivity contribution in [3.05, 3.63) is 0 Å². The van der Waals surface area contributed by atoms with Crippen LogP contribution < -0.4 is 28.7 Å². The number of carbonyl (C=O) groups is 1. The molecule has 4 fully saturated rings. The van der Waals surface area contributed by atoms with Crippen molar-refractivity contribution in [3.8, 4) is 0 Å². The summed E-state index contributed by atoms with van der Waals surface area (Å²) in [5, 5.41) is 0. The van der Waals surface area contributed by atoms with Crippen LogP contribution >= 0.6 is 0 Å². The van der Waals surface area contributed by atoms with Crippen LogP contribution in [0.1, 0.15) is 201 Å². The molecule has 4 saturated carbocycles. The summed E-state index contributed by atoms with van der Waals surface area (Å²) in [6.07, 6.45) is 34.9. The summed E-state index contributed by atoms with van der Waals surface area (Å²) in [5.41, 5.74) is 32.8. The minimum atomic E-state index is -0.848. The van der Waals surface area contributed by atoms with Gasteiger partial charge in [0.15, 0.2) is 0 Å². The first kappa shape index (κ1) is 39.7. The number of nitrogens with two attached hydrogens (primary N) is 5. The average Bonchev–Trinajstić information content (AvgIpc) is 3.04. The summed E-state index contributed by atoms with van der Waals surface area (Å²) >= 11 is 0. The molecule has 1 atom stereocenters. The molecule has 0 radical (unpaired) electrons. The fraction of sp³-hybridized carbons (Fsp3) is 0.975. The van der Waals surface area contributed by atoms with Crippen molar-refractivity contribution < 1.29 is 4.79 Å². The van der Waals surface area contributed by atoms with Gasteiger partial charge in [-0.25, -0.2) is 0 Å². The fourth-order valence-corrected chi connectivity index (χ4v) is 10.9. The van der Waals surface area contributed by atoms with E-state index in [9.17, 15) is 4.79 Å². The third kappa shape index (κ3) is 9.72. The summed E-state index contributed by atoms with van der Waals surface area (Å²) in [6, 6.07) is 0. The molecule has 46 heavy (non-hydrogen) atoms. The van der Waals surface area contributed by atoms with E-state index < -0.39 is 16.7 Å². The standard InChI is InChI=1S/C28H54N4.C12H25NO/c1-25(2)19-12-20-26(28(25,31)32,27(29,30)23-17-10-5-11-18-23)24(21-13-6-3-7-14-21)22-15-8-4-9-16-22;1-2-3-4-5-6-7-8-9-10-11-12(13)14/h21-24H,3-20,29-32H2,1-2H3;2-11H2,1H3,(H2,13,14). The zero-order chi connectivity index (χ0) is 33.7. The van der Waals surface area contributed by atoms with Crippen LogP contribution in [0.5, 0.6) is 0 Å². The molecule has 4 aliphatic rings. The average molecular weight is 646 g/mol. The summed E-state index contributed by atoms with van der Waals surface area (Å²) in [5.74, 6) is 2.01. The third-order valence-electron chi connectivity index (χ3n) is 13.7. The van der Waals surface area contributed by atoms with Gasteiger partial charge in [0, 0.05) is 11.8 Å². The van der Waals surface area contributed by atoms with Crippen molar-refractivity contribution in [1.82, 2.24) is 0 Å². The van der Waals surface area contributed by atoms with Gasteiger partial charge in [-0.1, -0.05) is 162 Å². The van der Waals surface area contributed by atoms with Gasteiger partial charge in [-0.15, -0.1) is 0 Å². The summed E-state index contributed by atoms with van der Waals surface area (Å²) in [4.78, 5) is 10.4.